The first-order valence-electron chi connectivity index (χ1n) is 4.82. The number of hydrogen-bond acceptors (Lipinski definition) is 2. The summed E-state index contributed by atoms with van der Waals surface area (Å²) in [5.74, 6) is -0.0255. The summed E-state index contributed by atoms with van der Waals surface area (Å²) in [5.41, 5.74) is 0.429. The molecular weight excluding hydrogens is 359 g/mol. The predicted molar refractivity (Wildman–Crippen MR) is 54.4 cm³/mol. The average Bonchev–Trinajstić information content (AvgIpc) is 2.01. The van der Waals surface area contributed by atoms with E-state index in [1.165, 1.54) is 12.8 Å². The molecule has 3 radical (unpaired) electrons. The molecule has 0 aliphatic carbocycles. The molecule has 2 nitrogen and oxygen atoms in total. The summed E-state index contributed by atoms with van der Waals surface area (Å²) in [6, 6.07) is 0. The van der Waals surface area contributed by atoms with E-state index in [0.717, 1.165) is 12.8 Å². The summed E-state index contributed by atoms with van der Waals surface area (Å²) >= 11 is 0.535. The zero-order valence-corrected chi connectivity index (χ0v) is 12.7. The van der Waals surface area contributed by atoms with Gasteiger partial charge in [0.15, 0.2) is 0 Å². The topological polar surface area (TPSA) is 26.3 Å². The van der Waals surface area contributed by atoms with Gasteiger partial charge in [-0.2, -0.15) is 0 Å². The van der Waals surface area contributed by atoms with E-state index in [9.17, 15) is 4.79 Å². The molecule has 0 amide bonds. The van der Waals surface area contributed by atoms with Crippen LogP contribution in [-0.4, -0.2) is 32.2 Å². The van der Waals surface area contributed by atoms with Crippen molar-refractivity contribution < 1.29 is 7.48 Å². The first-order chi connectivity index (χ1) is 5.95. The van der Waals surface area contributed by atoms with Crippen LogP contribution in [-0.2, 0) is 7.48 Å². The molecule has 0 unspecified atom stereocenters. The Morgan fingerprint density at radius 2 is 1.85 bits per heavy atom. The molecule has 0 rings (SSSR count). The number of rotatable bonds is 5. The summed E-state index contributed by atoms with van der Waals surface area (Å²) in [5, 5.41) is 0. The first kappa shape index (κ1) is 13.4. The second-order valence-corrected chi connectivity index (χ2v) is 5.39. The fourth-order valence-electron chi connectivity index (χ4n) is 1.15. The standard InChI is InChI=1S/C10H20O2.Pb/c1-10(2,3)8-6-4-5-7-9(11)12;/h4-8H2,1-3H3,(H,11,12);/q;+1/p-1. The van der Waals surface area contributed by atoms with E-state index < -0.39 is 0 Å². The summed E-state index contributed by atoms with van der Waals surface area (Å²) in [4.78, 5) is 10.8. The maximum atomic E-state index is 10.8. The third kappa shape index (κ3) is 10.3. The van der Waals surface area contributed by atoms with Crippen molar-refractivity contribution in [1.29, 1.82) is 0 Å². The fraction of sp³-hybridized carbons (Fsp3) is 0.900. The van der Waals surface area contributed by atoms with Gasteiger partial charge in [0.05, 0.1) is 0 Å². The Balaban J connectivity index is 3.22. The Hall–Kier alpha value is 0.392. The van der Waals surface area contributed by atoms with Gasteiger partial charge in [-0.1, -0.05) is 0 Å². The van der Waals surface area contributed by atoms with Crippen LogP contribution in [0.15, 0.2) is 0 Å². The fourth-order valence-corrected chi connectivity index (χ4v) is 1.55. The molecule has 0 N–H and O–H groups in total. The number of carbonyl (C=O) groups is 1. The molecule has 75 valence electrons. The van der Waals surface area contributed by atoms with Gasteiger partial charge in [0.1, 0.15) is 0 Å². The van der Waals surface area contributed by atoms with Crippen LogP contribution in [0.25, 0.3) is 0 Å². The van der Waals surface area contributed by atoms with E-state index in [4.69, 9.17) is 2.69 Å². The molecule has 0 aromatic carbocycles. The second-order valence-electron chi connectivity index (χ2n) is 4.60. The van der Waals surface area contributed by atoms with Crippen LogP contribution < -0.4 is 0 Å². The molecule has 0 saturated heterocycles. The molecule has 0 aliphatic rings. The van der Waals surface area contributed by atoms with Crippen LogP contribution in [0.2, 0.25) is 0 Å². The van der Waals surface area contributed by atoms with Crippen LogP contribution in [0, 0.1) is 5.41 Å². The predicted octanol–water partition coefficient (Wildman–Crippen LogP) is 2.61. The average molecular weight is 378 g/mol. The third-order valence-electron chi connectivity index (χ3n) is 1.92. The molecule has 0 heterocycles. The van der Waals surface area contributed by atoms with Gasteiger partial charge in [-0.25, -0.2) is 0 Å². The molecule has 13 heavy (non-hydrogen) atoms. The summed E-state index contributed by atoms with van der Waals surface area (Å²) < 4.78 is 4.70. The summed E-state index contributed by atoms with van der Waals surface area (Å²) in [6.07, 6.45) is 5.19. The normalized spacial score (nSPS) is 11.4. The number of hydrogen-bond donors (Lipinski definition) is 0. The van der Waals surface area contributed by atoms with Crippen LogP contribution >= 0.6 is 0 Å². The van der Waals surface area contributed by atoms with E-state index in [1.54, 1.807) is 0 Å². The van der Waals surface area contributed by atoms with Gasteiger partial charge in [0.25, 0.3) is 0 Å². The van der Waals surface area contributed by atoms with Gasteiger partial charge < -0.3 is 0 Å². The Bertz CT molecular complexity index is 149. The summed E-state index contributed by atoms with van der Waals surface area (Å²) in [7, 11) is 0. The molecule has 0 bridgehead atoms. The molecule has 0 spiro atoms. The maximum absolute atomic E-state index is 10.8. The molecule has 0 aromatic rings. The molecule has 3 heteroatoms. The molecule has 0 aliphatic heterocycles. The Morgan fingerprint density at radius 1 is 1.23 bits per heavy atom. The van der Waals surface area contributed by atoms with E-state index >= 15 is 0 Å². The molecule has 0 saturated carbocycles. The van der Waals surface area contributed by atoms with E-state index in [2.05, 4.69) is 20.8 Å². The van der Waals surface area contributed by atoms with Gasteiger partial charge >= 0.3 is 98.0 Å². The Morgan fingerprint density at radius 3 is 2.31 bits per heavy atom. The Labute approximate surface area is 97.8 Å². The second kappa shape index (κ2) is 6.79. The van der Waals surface area contributed by atoms with Crippen molar-refractivity contribution in [3.63, 3.8) is 0 Å². The molecule has 0 fully saturated rings. The van der Waals surface area contributed by atoms with Crippen molar-refractivity contribution in [2.24, 2.45) is 5.41 Å². The molecule has 0 aromatic heterocycles. The van der Waals surface area contributed by atoms with Crippen LogP contribution in [0.5, 0.6) is 0 Å². The first-order valence-corrected chi connectivity index (χ1v) is 6.41. The quantitative estimate of drug-likeness (QED) is 0.543. The van der Waals surface area contributed by atoms with Crippen molar-refractivity contribution in [3.8, 4) is 0 Å². The van der Waals surface area contributed by atoms with E-state index in [1.807, 2.05) is 0 Å². The third-order valence-corrected chi connectivity index (χ3v) is 2.81. The molecular formula is C10H19O2Pb. The van der Waals surface area contributed by atoms with Crippen LogP contribution in [0.3, 0.4) is 0 Å². The van der Waals surface area contributed by atoms with Crippen LogP contribution in [0.4, 0.5) is 0 Å². The monoisotopic (exact) mass is 379 g/mol. The van der Waals surface area contributed by atoms with E-state index in [-0.39, 0.29) is 5.97 Å². The summed E-state index contributed by atoms with van der Waals surface area (Å²) in [6.45, 7) is 6.75. The van der Waals surface area contributed by atoms with Crippen molar-refractivity contribution in [1.82, 2.24) is 0 Å². The zero-order valence-electron chi connectivity index (χ0n) is 8.85. The minimum atomic E-state index is -0.0255. The number of carbonyl (C=O) groups excluding carboxylic acids is 1. The van der Waals surface area contributed by atoms with Crippen molar-refractivity contribution >= 4 is 32.2 Å². The SMILES string of the molecule is CC(C)(C)CCCCCC(=O)[O][Pb]. The molecule has 0 atom stereocenters. The van der Waals surface area contributed by atoms with Gasteiger partial charge in [-0.05, 0) is 0 Å². The Kier molecular flexibility index (Phi) is 6.99. The van der Waals surface area contributed by atoms with Crippen molar-refractivity contribution in [3.05, 3.63) is 0 Å². The van der Waals surface area contributed by atoms with Gasteiger partial charge in [-0.15, -0.1) is 0 Å². The van der Waals surface area contributed by atoms with Crippen molar-refractivity contribution in [2.75, 3.05) is 0 Å². The van der Waals surface area contributed by atoms with Gasteiger partial charge in [-0.3, -0.25) is 0 Å². The van der Waals surface area contributed by atoms with Crippen molar-refractivity contribution in [2.45, 2.75) is 52.9 Å². The van der Waals surface area contributed by atoms with Crippen LogP contribution in [0.1, 0.15) is 52.9 Å². The van der Waals surface area contributed by atoms with E-state index in [0.29, 0.717) is 38.1 Å². The van der Waals surface area contributed by atoms with Gasteiger partial charge in [0, 0.05) is 0 Å². The van der Waals surface area contributed by atoms with Gasteiger partial charge in [0.2, 0.25) is 0 Å². The number of unbranched alkanes of at least 4 members (excludes halogenated alkanes) is 2. The minimum absolute atomic E-state index is 0.0255. The zero-order chi connectivity index (χ0) is 10.3.